The molecule has 1 saturated heterocycles. The van der Waals surface area contributed by atoms with E-state index in [-0.39, 0.29) is 5.91 Å². The van der Waals surface area contributed by atoms with E-state index in [0.717, 1.165) is 54.2 Å². The molecule has 190 valence electrons. The Morgan fingerprint density at radius 1 is 0.821 bits per heavy atom. The van der Waals surface area contributed by atoms with E-state index in [9.17, 15) is 4.79 Å². The number of nitriles is 1. The Balaban J connectivity index is 1.16. The summed E-state index contributed by atoms with van der Waals surface area (Å²) in [5, 5.41) is 12.0. The van der Waals surface area contributed by atoms with Crippen molar-refractivity contribution in [3.8, 4) is 17.2 Å². The number of carbonyl (C=O) groups is 1. The fourth-order valence-electron chi connectivity index (χ4n) is 4.76. The Hall–Kier alpha value is -5.29. The second-order valence-corrected chi connectivity index (χ2v) is 9.34. The molecule has 0 bridgehead atoms. The number of carbonyl (C=O) groups excluding carboxylic acids is 1. The fraction of sp³-hybridized carbons (Fsp3) is 0.129. The molecular formula is C31H25N7O. The summed E-state index contributed by atoms with van der Waals surface area (Å²) in [6.07, 6.45) is 5.51. The first-order valence-corrected chi connectivity index (χ1v) is 12.7. The molecule has 3 aromatic carbocycles. The molecule has 1 aliphatic rings. The highest BCUT2D eigenvalue weighted by atomic mass is 16.1. The predicted octanol–water partition coefficient (Wildman–Crippen LogP) is 5.14. The Bertz CT molecular complexity index is 1670. The average molecular weight is 512 g/mol. The summed E-state index contributed by atoms with van der Waals surface area (Å²) < 4.78 is 0. The lowest BCUT2D eigenvalue weighted by molar-refractivity contribution is 0.102. The van der Waals surface area contributed by atoms with Crippen molar-refractivity contribution in [2.24, 2.45) is 0 Å². The lowest BCUT2D eigenvalue weighted by atomic mass is 10.0. The van der Waals surface area contributed by atoms with Crippen molar-refractivity contribution in [2.75, 3.05) is 41.3 Å². The number of amides is 1. The van der Waals surface area contributed by atoms with Crippen molar-refractivity contribution in [1.82, 2.24) is 15.0 Å². The van der Waals surface area contributed by atoms with Gasteiger partial charge in [0, 0.05) is 55.5 Å². The number of hydrogen-bond acceptors (Lipinski definition) is 7. The van der Waals surface area contributed by atoms with Gasteiger partial charge in [-0.2, -0.15) is 5.26 Å². The van der Waals surface area contributed by atoms with Crippen LogP contribution in [0.1, 0.15) is 15.9 Å². The van der Waals surface area contributed by atoms with E-state index in [1.165, 1.54) is 5.69 Å². The molecule has 0 spiro atoms. The molecule has 6 rings (SSSR count). The highest BCUT2D eigenvalue weighted by Gasteiger charge is 2.19. The molecule has 0 unspecified atom stereocenters. The minimum Gasteiger partial charge on any atom is -0.368 e. The van der Waals surface area contributed by atoms with Crippen LogP contribution in [0.3, 0.4) is 0 Å². The molecule has 5 aromatic rings. The van der Waals surface area contributed by atoms with Crippen LogP contribution >= 0.6 is 0 Å². The zero-order valence-corrected chi connectivity index (χ0v) is 21.2. The molecule has 1 amide bonds. The quantitative estimate of drug-likeness (QED) is 0.349. The van der Waals surface area contributed by atoms with E-state index in [2.05, 4.69) is 37.2 Å². The van der Waals surface area contributed by atoms with Gasteiger partial charge in [0.2, 0.25) is 0 Å². The summed E-state index contributed by atoms with van der Waals surface area (Å²) in [5.41, 5.74) is 6.50. The van der Waals surface area contributed by atoms with E-state index in [1.807, 2.05) is 67.1 Å². The second kappa shape index (κ2) is 10.6. The molecule has 0 atom stereocenters. The van der Waals surface area contributed by atoms with Gasteiger partial charge in [0.25, 0.3) is 5.91 Å². The zero-order chi connectivity index (χ0) is 26.6. The third-order valence-corrected chi connectivity index (χ3v) is 6.89. The maximum atomic E-state index is 12.6. The number of rotatable bonds is 5. The van der Waals surface area contributed by atoms with Crippen LogP contribution in [0.5, 0.6) is 0 Å². The second-order valence-electron chi connectivity index (χ2n) is 9.34. The minimum absolute atomic E-state index is 0.255. The van der Waals surface area contributed by atoms with Gasteiger partial charge >= 0.3 is 0 Å². The van der Waals surface area contributed by atoms with Gasteiger partial charge in [0.15, 0.2) is 0 Å². The molecule has 1 N–H and O–H groups in total. The molecular weight excluding hydrogens is 486 g/mol. The number of anilines is 3. The summed E-state index contributed by atoms with van der Waals surface area (Å²) in [7, 11) is 0. The normalized spacial score (nSPS) is 13.2. The van der Waals surface area contributed by atoms with Crippen LogP contribution < -0.4 is 15.1 Å². The molecule has 1 aliphatic heterocycles. The number of fused-ring (bicyclic) bond motifs is 1. The van der Waals surface area contributed by atoms with Crippen LogP contribution in [-0.2, 0) is 0 Å². The number of aromatic nitrogens is 3. The van der Waals surface area contributed by atoms with E-state index in [1.54, 1.807) is 24.3 Å². The highest BCUT2D eigenvalue weighted by Crippen LogP contribution is 2.26. The van der Waals surface area contributed by atoms with Gasteiger partial charge in [0.1, 0.15) is 5.82 Å². The number of nitrogens with zero attached hydrogens (tertiary/aromatic N) is 6. The third-order valence-electron chi connectivity index (χ3n) is 6.89. The lowest BCUT2D eigenvalue weighted by Gasteiger charge is -2.36. The van der Waals surface area contributed by atoms with Crippen LogP contribution in [0.4, 0.5) is 17.2 Å². The SMILES string of the molecule is N#Cc1cccc(C(=O)Nc2ccc(-c3ccc4ncc(N5CCN(c6ccncc6)CC5)nc4c3)cc2)c1. The molecule has 2 aromatic heterocycles. The summed E-state index contributed by atoms with van der Waals surface area (Å²) in [6.45, 7) is 3.57. The van der Waals surface area contributed by atoms with Gasteiger partial charge in [-0.05, 0) is 65.7 Å². The van der Waals surface area contributed by atoms with Crippen LogP contribution in [-0.4, -0.2) is 47.0 Å². The van der Waals surface area contributed by atoms with Gasteiger partial charge in [0.05, 0.1) is 28.9 Å². The Morgan fingerprint density at radius 2 is 1.56 bits per heavy atom. The van der Waals surface area contributed by atoms with E-state index >= 15 is 0 Å². The first-order valence-electron chi connectivity index (χ1n) is 12.7. The smallest absolute Gasteiger partial charge is 0.255 e. The van der Waals surface area contributed by atoms with Crippen molar-refractivity contribution in [1.29, 1.82) is 5.26 Å². The van der Waals surface area contributed by atoms with Crippen LogP contribution in [0.15, 0.2) is 97.5 Å². The van der Waals surface area contributed by atoms with Gasteiger partial charge < -0.3 is 15.1 Å². The van der Waals surface area contributed by atoms with Crippen molar-refractivity contribution < 1.29 is 4.79 Å². The Labute approximate surface area is 226 Å². The first kappa shape index (κ1) is 24.1. The number of piperazine rings is 1. The third kappa shape index (κ3) is 5.24. The average Bonchev–Trinajstić information content (AvgIpc) is 3.01. The van der Waals surface area contributed by atoms with Gasteiger partial charge in [-0.1, -0.05) is 24.3 Å². The minimum atomic E-state index is -0.255. The van der Waals surface area contributed by atoms with Crippen LogP contribution in [0, 0.1) is 11.3 Å². The Morgan fingerprint density at radius 3 is 2.33 bits per heavy atom. The molecule has 8 heteroatoms. The maximum Gasteiger partial charge on any atom is 0.255 e. The summed E-state index contributed by atoms with van der Waals surface area (Å²) in [5.74, 6) is 0.627. The van der Waals surface area contributed by atoms with Crippen molar-refractivity contribution >= 4 is 34.1 Å². The van der Waals surface area contributed by atoms with Gasteiger partial charge in [-0.3, -0.25) is 14.8 Å². The molecule has 39 heavy (non-hydrogen) atoms. The molecule has 0 radical (unpaired) electrons. The largest absolute Gasteiger partial charge is 0.368 e. The van der Waals surface area contributed by atoms with Crippen molar-refractivity contribution in [3.05, 3.63) is 109 Å². The zero-order valence-electron chi connectivity index (χ0n) is 21.2. The van der Waals surface area contributed by atoms with Crippen molar-refractivity contribution in [2.45, 2.75) is 0 Å². The fourth-order valence-corrected chi connectivity index (χ4v) is 4.76. The van der Waals surface area contributed by atoms with E-state index < -0.39 is 0 Å². The van der Waals surface area contributed by atoms with E-state index in [0.29, 0.717) is 16.8 Å². The van der Waals surface area contributed by atoms with Crippen LogP contribution in [0.2, 0.25) is 0 Å². The van der Waals surface area contributed by atoms with E-state index in [4.69, 9.17) is 10.2 Å². The topological polar surface area (TPSA) is 98.0 Å². The Kier molecular flexibility index (Phi) is 6.54. The molecule has 8 nitrogen and oxygen atoms in total. The summed E-state index contributed by atoms with van der Waals surface area (Å²) in [4.78, 5) is 30.9. The standard InChI is InChI=1S/C31H25N7O/c32-20-22-2-1-3-25(18-22)31(39)35-26-7-4-23(5-8-26)24-6-9-28-29(19-24)36-30(21-34-28)38-16-14-37(15-17-38)27-10-12-33-13-11-27/h1-13,18-19,21H,14-17H2,(H,35,39). The number of benzene rings is 3. The van der Waals surface area contributed by atoms with Crippen LogP contribution in [0.25, 0.3) is 22.2 Å². The first-order chi connectivity index (χ1) is 19.2. The highest BCUT2D eigenvalue weighted by molar-refractivity contribution is 6.04. The number of hydrogen-bond donors (Lipinski definition) is 1. The summed E-state index contributed by atoms with van der Waals surface area (Å²) in [6, 6.07) is 26.5. The predicted molar refractivity (Wildman–Crippen MR) is 153 cm³/mol. The van der Waals surface area contributed by atoms with Gasteiger partial charge in [-0.15, -0.1) is 0 Å². The lowest BCUT2D eigenvalue weighted by Crippen LogP contribution is -2.46. The number of pyridine rings is 1. The summed E-state index contributed by atoms with van der Waals surface area (Å²) >= 11 is 0. The molecule has 1 fully saturated rings. The number of nitrogens with one attached hydrogen (secondary N) is 1. The van der Waals surface area contributed by atoms with Crippen molar-refractivity contribution in [3.63, 3.8) is 0 Å². The molecule has 0 aliphatic carbocycles. The molecule has 0 saturated carbocycles. The monoisotopic (exact) mass is 511 g/mol. The van der Waals surface area contributed by atoms with Gasteiger partial charge in [-0.25, -0.2) is 4.98 Å². The maximum absolute atomic E-state index is 12.6. The molecule has 3 heterocycles.